The zero-order valence-corrected chi connectivity index (χ0v) is 9.92. The highest BCUT2D eigenvalue weighted by molar-refractivity contribution is 7.22. The largest absolute Gasteiger partial charge is 0.301 e. The number of thiazole rings is 1. The number of carbonyl (C=O) groups excluding carboxylic acids is 1. The summed E-state index contributed by atoms with van der Waals surface area (Å²) < 4.78 is 0.643. The van der Waals surface area contributed by atoms with Gasteiger partial charge in [0.2, 0.25) is 5.91 Å². The smallest absolute Gasteiger partial charge is 0.270 e. The van der Waals surface area contributed by atoms with Crippen molar-refractivity contribution in [2.75, 3.05) is 11.2 Å². The minimum Gasteiger partial charge on any atom is -0.301 e. The number of rotatable bonds is 3. The Hall–Kier alpha value is -1.73. The van der Waals surface area contributed by atoms with Gasteiger partial charge >= 0.3 is 0 Å². The molecule has 0 unspecified atom stereocenters. The van der Waals surface area contributed by atoms with Crippen molar-refractivity contribution in [3.05, 3.63) is 28.3 Å². The van der Waals surface area contributed by atoms with Gasteiger partial charge in [0.25, 0.3) is 5.69 Å². The van der Waals surface area contributed by atoms with Crippen molar-refractivity contribution in [1.82, 2.24) is 4.98 Å². The van der Waals surface area contributed by atoms with Crippen LogP contribution in [-0.2, 0) is 4.79 Å². The molecule has 8 heteroatoms. The maximum Gasteiger partial charge on any atom is 0.270 e. The molecule has 0 aliphatic carbocycles. The number of carbonyl (C=O) groups is 1. The van der Waals surface area contributed by atoms with Crippen LogP contribution >= 0.6 is 22.9 Å². The standard InChI is InChI=1S/C9H6ClN3O3S/c10-4-8(14)12-9-11-6-2-1-5(13(15)16)3-7(6)17-9/h1-3H,4H2,(H,11,12,14). The molecule has 0 atom stereocenters. The van der Waals surface area contributed by atoms with E-state index in [0.29, 0.717) is 15.3 Å². The molecule has 2 rings (SSSR count). The monoisotopic (exact) mass is 271 g/mol. The molecular weight excluding hydrogens is 266 g/mol. The lowest BCUT2D eigenvalue weighted by Gasteiger charge is -1.94. The Morgan fingerprint density at radius 1 is 1.59 bits per heavy atom. The van der Waals surface area contributed by atoms with Crippen LogP contribution in [0.25, 0.3) is 10.2 Å². The first-order chi connectivity index (χ1) is 8.10. The van der Waals surface area contributed by atoms with Crippen LogP contribution in [0.3, 0.4) is 0 Å². The molecule has 2 aromatic rings. The van der Waals surface area contributed by atoms with Gasteiger partial charge in [-0.15, -0.1) is 11.6 Å². The van der Waals surface area contributed by atoms with Gasteiger partial charge in [-0.3, -0.25) is 14.9 Å². The van der Waals surface area contributed by atoms with Gasteiger partial charge in [-0.1, -0.05) is 11.3 Å². The first-order valence-corrected chi connectivity index (χ1v) is 5.86. The fourth-order valence-electron chi connectivity index (χ4n) is 1.23. The molecule has 1 aromatic carbocycles. The second-order valence-corrected chi connectivity index (χ2v) is 4.41. The lowest BCUT2D eigenvalue weighted by Crippen LogP contribution is -2.11. The Balaban J connectivity index is 2.37. The van der Waals surface area contributed by atoms with Crippen molar-refractivity contribution in [2.24, 2.45) is 0 Å². The molecule has 0 saturated carbocycles. The summed E-state index contributed by atoms with van der Waals surface area (Å²) in [5.41, 5.74) is 0.599. The molecule has 1 N–H and O–H groups in total. The van der Waals surface area contributed by atoms with E-state index in [1.165, 1.54) is 23.5 Å². The number of fused-ring (bicyclic) bond motifs is 1. The number of non-ortho nitro benzene ring substituents is 1. The number of aromatic nitrogens is 1. The quantitative estimate of drug-likeness (QED) is 0.528. The Kier molecular flexibility index (Phi) is 3.21. The number of amides is 1. The maximum absolute atomic E-state index is 11.0. The number of benzene rings is 1. The summed E-state index contributed by atoms with van der Waals surface area (Å²) in [5, 5.41) is 13.5. The van der Waals surface area contributed by atoms with Crippen molar-refractivity contribution in [3.63, 3.8) is 0 Å². The number of nitrogens with zero attached hydrogens (tertiary/aromatic N) is 2. The molecule has 1 aromatic heterocycles. The highest BCUT2D eigenvalue weighted by Gasteiger charge is 2.11. The molecule has 0 saturated heterocycles. The van der Waals surface area contributed by atoms with Crippen LogP contribution in [0, 0.1) is 10.1 Å². The van der Waals surface area contributed by atoms with Crippen LogP contribution in [0.5, 0.6) is 0 Å². The van der Waals surface area contributed by atoms with E-state index < -0.39 is 4.92 Å². The highest BCUT2D eigenvalue weighted by Crippen LogP contribution is 2.28. The van der Waals surface area contributed by atoms with E-state index in [0.717, 1.165) is 0 Å². The van der Waals surface area contributed by atoms with E-state index in [1.807, 2.05) is 0 Å². The fourth-order valence-corrected chi connectivity index (χ4v) is 2.21. The topological polar surface area (TPSA) is 85.1 Å². The van der Waals surface area contributed by atoms with Gasteiger partial charge < -0.3 is 5.32 Å². The van der Waals surface area contributed by atoms with Crippen molar-refractivity contribution in [2.45, 2.75) is 0 Å². The van der Waals surface area contributed by atoms with Gasteiger partial charge in [0.1, 0.15) is 5.88 Å². The van der Waals surface area contributed by atoms with Gasteiger partial charge in [0, 0.05) is 12.1 Å². The van der Waals surface area contributed by atoms with Crippen LogP contribution < -0.4 is 5.32 Å². The normalized spacial score (nSPS) is 10.4. The number of nitro benzene ring substituents is 1. The fraction of sp³-hybridized carbons (Fsp3) is 0.111. The lowest BCUT2D eigenvalue weighted by molar-refractivity contribution is -0.384. The van der Waals surface area contributed by atoms with Crippen LogP contribution in [0.4, 0.5) is 10.8 Å². The summed E-state index contributed by atoms with van der Waals surface area (Å²) in [6.45, 7) is 0. The number of halogens is 1. The number of hydrogen-bond acceptors (Lipinski definition) is 5. The molecule has 17 heavy (non-hydrogen) atoms. The summed E-state index contributed by atoms with van der Waals surface area (Å²) in [6, 6.07) is 4.33. The summed E-state index contributed by atoms with van der Waals surface area (Å²) in [6.07, 6.45) is 0. The number of alkyl halides is 1. The maximum atomic E-state index is 11.0. The molecule has 0 bridgehead atoms. The zero-order chi connectivity index (χ0) is 12.4. The molecule has 1 amide bonds. The van der Waals surface area contributed by atoms with Crippen molar-refractivity contribution >= 4 is 49.9 Å². The number of nitro groups is 1. The minimum absolute atomic E-state index is 0.00336. The Morgan fingerprint density at radius 3 is 3.00 bits per heavy atom. The van der Waals surface area contributed by atoms with Gasteiger partial charge in [0.15, 0.2) is 5.13 Å². The molecule has 1 heterocycles. The van der Waals surface area contributed by atoms with Gasteiger partial charge in [-0.25, -0.2) is 4.98 Å². The lowest BCUT2D eigenvalue weighted by atomic mass is 10.3. The average molecular weight is 272 g/mol. The van der Waals surface area contributed by atoms with Crippen LogP contribution in [0.2, 0.25) is 0 Å². The predicted octanol–water partition coefficient (Wildman–Crippen LogP) is 2.38. The highest BCUT2D eigenvalue weighted by atomic mass is 35.5. The first kappa shape index (κ1) is 11.7. The zero-order valence-electron chi connectivity index (χ0n) is 8.34. The molecule has 0 fully saturated rings. The molecule has 0 aliphatic rings. The third kappa shape index (κ3) is 2.51. The van der Waals surface area contributed by atoms with Crippen LogP contribution in [0.1, 0.15) is 0 Å². The summed E-state index contributed by atoms with van der Waals surface area (Å²) in [5.74, 6) is -0.518. The SMILES string of the molecule is O=C(CCl)Nc1nc2ccc([N+](=O)[O-])cc2s1. The van der Waals surface area contributed by atoms with E-state index in [2.05, 4.69) is 10.3 Å². The molecule has 6 nitrogen and oxygen atoms in total. The van der Waals surface area contributed by atoms with Crippen molar-refractivity contribution < 1.29 is 9.72 Å². The third-order valence-corrected chi connectivity index (χ3v) is 3.13. The summed E-state index contributed by atoms with van der Waals surface area (Å²) >= 11 is 6.51. The Labute approximate surface area is 104 Å². The number of nitrogens with one attached hydrogen (secondary N) is 1. The second kappa shape index (κ2) is 4.64. The van der Waals surface area contributed by atoms with Gasteiger partial charge in [-0.2, -0.15) is 0 Å². The van der Waals surface area contributed by atoms with Crippen molar-refractivity contribution in [1.29, 1.82) is 0 Å². The van der Waals surface area contributed by atoms with E-state index in [4.69, 9.17) is 11.6 Å². The molecule has 0 radical (unpaired) electrons. The van der Waals surface area contributed by atoms with Crippen LogP contribution in [-0.4, -0.2) is 21.7 Å². The molecule has 0 aliphatic heterocycles. The first-order valence-electron chi connectivity index (χ1n) is 4.51. The third-order valence-electron chi connectivity index (χ3n) is 1.95. The van der Waals surface area contributed by atoms with E-state index in [1.54, 1.807) is 6.07 Å². The van der Waals surface area contributed by atoms with Crippen LogP contribution in [0.15, 0.2) is 18.2 Å². The van der Waals surface area contributed by atoms with E-state index in [9.17, 15) is 14.9 Å². The minimum atomic E-state index is -0.476. The summed E-state index contributed by atoms with van der Waals surface area (Å²) in [4.78, 5) is 25.3. The Morgan fingerprint density at radius 2 is 2.35 bits per heavy atom. The molecular formula is C9H6ClN3O3S. The predicted molar refractivity (Wildman–Crippen MR) is 65.6 cm³/mol. The van der Waals surface area contributed by atoms with Crippen molar-refractivity contribution in [3.8, 4) is 0 Å². The average Bonchev–Trinajstić information content (AvgIpc) is 2.69. The number of anilines is 1. The van der Waals surface area contributed by atoms with E-state index in [-0.39, 0.29) is 17.5 Å². The second-order valence-electron chi connectivity index (χ2n) is 3.11. The summed E-state index contributed by atoms with van der Waals surface area (Å²) in [7, 11) is 0. The van der Waals surface area contributed by atoms with Gasteiger partial charge in [0.05, 0.1) is 15.1 Å². The van der Waals surface area contributed by atoms with Gasteiger partial charge in [-0.05, 0) is 6.07 Å². The molecule has 88 valence electrons. The van der Waals surface area contributed by atoms with E-state index >= 15 is 0 Å². The number of hydrogen-bond donors (Lipinski definition) is 1. The Bertz CT molecular complexity index is 598. The molecule has 0 spiro atoms.